The van der Waals surface area contributed by atoms with E-state index in [1.807, 2.05) is 0 Å². The van der Waals surface area contributed by atoms with Crippen molar-refractivity contribution in [2.75, 3.05) is 0 Å². The van der Waals surface area contributed by atoms with Crippen molar-refractivity contribution in [1.29, 1.82) is 0 Å². The molecule has 4 nitrogen and oxygen atoms in total. The van der Waals surface area contributed by atoms with Crippen LogP contribution in [0.1, 0.15) is 2.85 Å². The molecule has 0 aliphatic carbocycles. The third kappa shape index (κ3) is 108. The summed E-state index contributed by atoms with van der Waals surface area (Å²) >= 11 is 0. The Morgan fingerprint density at radius 3 is 1.11 bits per heavy atom. The molecule has 0 aliphatic rings. The van der Waals surface area contributed by atoms with Crippen molar-refractivity contribution in [3.63, 3.8) is 0 Å². The maximum atomic E-state index is 8.74. The molecule has 0 spiro atoms. The van der Waals surface area contributed by atoms with Crippen LogP contribution in [0.25, 0.3) is 0 Å². The van der Waals surface area contributed by atoms with Crippen LogP contribution in [0.3, 0.4) is 0 Å². The fourth-order valence-electron chi connectivity index (χ4n) is 0. The second-order valence-electron chi connectivity index (χ2n) is 0.448. The van der Waals surface area contributed by atoms with E-state index in [9.17, 15) is 0 Å². The van der Waals surface area contributed by atoms with Gasteiger partial charge in [-0.3, -0.25) is 9.11 Å². The molecule has 0 fully saturated rings. The van der Waals surface area contributed by atoms with Gasteiger partial charge in [0.15, 0.2) is 34.7 Å². The van der Waals surface area contributed by atoms with Crippen LogP contribution in [0.4, 0.5) is 0 Å². The van der Waals surface area contributed by atoms with E-state index in [4.69, 9.17) is 17.5 Å². The van der Waals surface area contributed by atoms with Crippen LogP contribution < -0.4 is 0 Å². The van der Waals surface area contributed by atoms with E-state index in [0.29, 0.717) is 0 Å². The zero-order chi connectivity index (χ0) is 4.50. The first-order valence-electron chi connectivity index (χ1n) is 0.698. The zero-order valence-electron chi connectivity index (χ0n) is 5.27. The van der Waals surface area contributed by atoms with Crippen LogP contribution in [-0.2, 0) is 29.0 Å². The van der Waals surface area contributed by atoms with Gasteiger partial charge in [0.25, 0.3) is 0 Å². The van der Waals surface area contributed by atoms with E-state index in [-0.39, 0.29) is 93.9 Å². The minimum atomic E-state index is -4.67. The van der Waals surface area contributed by atoms with Crippen LogP contribution >= 0.6 is 0 Å². The van der Waals surface area contributed by atoms with Crippen molar-refractivity contribution < 1.29 is 38.9 Å². The van der Waals surface area contributed by atoms with Crippen molar-refractivity contribution in [2.24, 2.45) is 0 Å². The summed E-state index contributed by atoms with van der Waals surface area (Å²) in [6.45, 7) is 0. The van der Waals surface area contributed by atoms with Gasteiger partial charge in [-0.05, 0) is 0 Å². The summed E-state index contributed by atoms with van der Waals surface area (Å²) in [5.74, 6) is 0. The maximum absolute atomic E-state index is 8.74. The molecular formula is H10Al2CaO4SV. The van der Waals surface area contributed by atoms with E-state index >= 15 is 0 Å². The van der Waals surface area contributed by atoms with Gasteiger partial charge in [0.1, 0.15) is 0 Å². The van der Waals surface area contributed by atoms with Crippen molar-refractivity contribution in [3.05, 3.63) is 0 Å². The van der Waals surface area contributed by atoms with Crippen molar-refractivity contribution in [2.45, 2.75) is 0 Å². The number of hydrogen-bond acceptors (Lipinski definition) is 2. The molecule has 0 saturated heterocycles. The third-order valence-electron chi connectivity index (χ3n) is 0. The zero-order valence-corrected chi connectivity index (χ0v) is 7.70. The molecule has 0 amide bonds. The molecular weight excluding hydrogens is 241 g/mol. The Morgan fingerprint density at radius 2 is 1.11 bits per heavy atom. The van der Waals surface area contributed by atoms with Gasteiger partial charge in [0.2, 0.25) is 0 Å². The smallest absolute Gasteiger partial charge is 1.00 e. The van der Waals surface area contributed by atoms with Crippen molar-refractivity contribution >= 4 is 82.9 Å². The molecule has 9 heavy (non-hydrogen) atoms. The van der Waals surface area contributed by atoms with Gasteiger partial charge in [-0.25, -0.2) is 0 Å². The van der Waals surface area contributed by atoms with Crippen LogP contribution in [-0.4, -0.2) is 90.0 Å². The van der Waals surface area contributed by atoms with Crippen LogP contribution in [0.15, 0.2) is 0 Å². The summed E-state index contributed by atoms with van der Waals surface area (Å²) in [7, 11) is -4.67. The molecule has 0 unspecified atom stereocenters. The molecule has 0 aromatic rings. The number of rotatable bonds is 0. The van der Waals surface area contributed by atoms with E-state index in [2.05, 4.69) is 0 Å². The first kappa shape index (κ1) is 29.8. The summed E-state index contributed by atoms with van der Waals surface area (Å²) < 4.78 is 31.6. The number of hydrogen-bond donors (Lipinski definition) is 2. The van der Waals surface area contributed by atoms with Crippen molar-refractivity contribution in [1.82, 2.24) is 0 Å². The van der Waals surface area contributed by atoms with Gasteiger partial charge < -0.3 is 2.85 Å². The molecule has 0 aromatic heterocycles. The minimum absolute atomic E-state index is 0. The van der Waals surface area contributed by atoms with Crippen LogP contribution in [0.2, 0.25) is 0 Å². The van der Waals surface area contributed by atoms with Crippen LogP contribution in [0, 0.1) is 0 Å². The SMILES string of the molecule is O=S(=O)(O)O.[AlH3].[AlH3].[Ca+2].[H-].[H-].[V]. The summed E-state index contributed by atoms with van der Waals surface area (Å²) in [6, 6.07) is 0. The molecule has 0 bridgehead atoms. The summed E-state index contributed by atoms with van der Waals surface area (Å²) in [6.07, 6.45) is 0. The second-order valence-corrected chi connectivity index (χ2v) is 1.34. The van der Waals surface area contributed by atoms with E-state index < -0.39 is 10.4 Å². The Bertz CT molecular complexity index is 109. The van der Waals surface area contributed by atoms with Gasteiger partial charge in [-0.2, -0.15) is 8.42 Å². The maximum Gasteiger partial charge on any atom is 2.00 e. The standard InChI is InChI=1S/2Al.Ca.H2O4S.V.8H/c;;;1-5(2,3)4;;;;;;;;;/h;;;(H2,1,2,3,4);;;;;;;;;/q;;+2;;;;;;;;;2*-1. The largest absolute Gasteiger partial charge is 2.00 e. The molecule has 0 aliphatic heterocycles. The Kier molecular flexibility index (Phi) is 44.3. The summed E-state index contributed by atoms with van der Waals surface area (Å²) in [5, 5.41) is 0. The molecule has 53 valence electrons. The predicted molar refractivity (Wildman–Crippen MR) is 42.0 cm³/mol. The first-order chi connectivity index (χ1) is 2.00. The van der Waals surface area contributed by atoms with Gasteiger partial charge >= 0.3 is 48.1 Å². The Hall–Kier alpha value is 2.78. The normalized spacial score (nSPS) is 6.44. The molecule has 1 radical (unpaired) electrons. The minimum Gasteiger partial charge on any atom is -1.00 e. The molecule has 0 rings (SSSR count). The van der Waals surface area contributed by atoms with Gasteiger partial charge in [-0.15, -0.1) is 0 Å². The third-order valence-corrected chi connectivity index (χ3v) is 0. The van der Waals surface area contributed by atoms with E-state index in [1.54, 1.807) is 0 Å². The quantitative estimate of drug-likeness (QED) is 0.351. The fourth-order valence-corrected chi connectivity index (χ4v) is 0. The van der Waals surface area contributed by atoms with Gasteiger partial charge in [0.05, 0.1) is 0 Å². The molecule has 9 heteroatoms. The monoisotopic (exact) mass is 251 g/mol. The van der Waals surface area contributed by atoms with Crippen LogP contribution in [0.5, 0.6) is 0 Å². The van der Waals surface area contributed by atoms with Gasteiger partial charge in [-0.1, -0.05) is 0 Å². The molecule has 0 atom stereocenters. The average Bonchev–Trinajstić information content (AvgIpc) is 0.722. The van der Waals surface area contributed by atoms with Gasteiger partial charge in [0, 0.05) is 18.6 Å². The molecule has 2 N–H and O–H groups in total. The summed E-state index contributed by atoms with van der Waals surface area (Å²) in [5.41, 5.74) is 0. The fraction of sp³-hybridized carbons (Fsp3) is 0. The Labute approximate surface area is 120 Å². The molecule has 0 heterocycles. The Balaban J connectivity index is -0.00000000533. The second kappa shape index (κ2) is 13.4. The molecule has 0 saturated carbocycles. The topological polar surface area (TPSA) is 74.6 Å². The van der Waals surface area contributed by atoms with E-state index in [0.717, 1.165) is 0 Å². The summed E-state index contributed by atoms with van der Waals surface area (Å²) in [4.78, 5) is 0. The average molecular weight is 251 g/mol. The first-order valence-corrected chi connectivity index (χ1v) is 2.10. The van der Waals surface area contributed by atoms with Crippen molar-refractivity contribution in [3.8, 4) is 0 Å². The molecule has 0 aromatic carbocycles. The Morgan fingerprint density at radius 1 is 1.11 bits per heavy atom. The van der Waals surface area contributed by atoms with E-state index in [1.165, 1.54) is 0 Å². The predicted octanol–water partition coefficient (Wildman–Crippen LogP) is -3.18.